The Balaban J connectivity index is 1.66. The van der Waals surface area contributed by atoms with E-state index in [9.17, 15) is 0 Å². The summed E-state index contributed by atoms with van der Waals surface area (Å²) in [4.78, 5) is 0. The summed E-state index contributed by atoms with van der Waals surface area (Å²) in [7, 11) is -3.38. The third-order valence-electron chi connectivity index (χ3n) is 9.10. The Hall–Kier alpha value is -2.18. The number of hydrogen-bond donors (Lipinski definition) is 0. The van der Waals surface area contributed by atoms with Crippen molar-refractivity contribution in [3.05, 3.63) is 89.5 Å². The molecular weight excluding hydrogens is 476 g/mol. The third-order valence-corrected chi connectivity index (χ3v) is 20.0. The van der Waals surface area contributed by atoms with Crippen LogP contribution in [0.15, 0.2) is 72.8 Å². The lowest BCUT2D eigenvalue weighted by atomic mass is 10.1. The van der Waals surface area contributed by atoms with Crippen LogP contribution in [0.2, 0.25) is 35.8 Å². The lowest BCUT2D eigenvalue weighted by Crippen LogP contribution is -2.48. The van der Waals surface area contributed by atoms with E-state index >= 15 is 4.39 Å². The van der Waals surface area contributed by atoms with Gasteiger partial charge in [-0.2, -0.15) is 0 Å². The number of alkyl halides is 1. The van der Waals surface area contributed by atoms with Crippen LogP contribution < -0.4 is 4.43 Å². The van der Waals surface area contributed by atoms with E-state index in [4.69, 9.17) is 4.43 Å². The molecule has 3 aromatic rings. The van der Waals surface area contributed by atoms with E-state index in [2.05, 4.69) is 71.0 Å². The van der Waals surface area contributed by atoms with Gasteiger partial charge in [-0.15, -0.1) is 0 Å². The van der Waals surface area contributed by atoms with Crippen LogP contribution in [0.4, 0.5) is 4.39 Å². The van der Waals surface area contributed by atoms with Crippen molar-refractivity contribution < 1.29 is 8.82 Å². The number of hydrogen-bond acceptors (Lipinski definition) is 1. The minimum absolute atomic E-state index is 0.480. The molecule has 0 fully saturated rings. The number of rotatable bonds is 12. The molecule has 2 atom stereocenters. The molecule has 0 N–H and O–H groups in total. The quantitative estimate of drug-likeness (QED) is 0.217. The zero-order valence-corrected chi connectivity index (χ0v) is 24.8. The minimum Gasteiger partial charge on any atom is -0.543 e. The average Bonchev–Trinajstić information content (AvgIpc) is 3.19. The molecule has 0 amide bonds. The van der Waals surface area contributed by atoms with Gasteiger partial charge >= 0.3 is 0 Å². The molecule has 0 heterocycles. The number of halogens is 1. The van der Waals surface area contributed by atoms with E-state index in [-0.39, 0.29) is 0 Å². The fourth-order valence-electron chi connectivity index (χ4n) is 6.19. The molecule has 0 radical (unpaired) electrons. The van der Waals surface area contributed by atoms with Crippen molar-refractivity contribution in [2.24, 2.45) is 0 Å². The summed E-state index contributed by atoms with van der Waals surface area (Å²) in [5, 5.41) is 0. The van der Waals surface area contributed by atoms with Crippen LogP contribution in [0.5, 0.6) is 5.75 Å². The number of fused-ring (bicyclic) bond motifs is 3. The standard InChI is InChI=1S/C32H43FOSi2/c1-6-35(7-2,8-3)21-14-22-36(25(4)5,24-26-15-10-9-11-16-26)34-27-19-20-30-31(23-27)28-17-12-13-18-29(28)32(30)33/h9-13,15-20,23,25,32H,6-8,14,21-22,24H2,1-5H3. The van der Waals surface area contributed by atoms with E-state index in [0.717, 1.165) is 34.0 Å². The van der Waals surface area contributed by atoms with Crippen LogP contribution in [-0.2, 0) is 6.04 Å². The van der Waals surface area contributed by atoms with Gasteiger partial charge in [0.25, 0.3) is 8.32 Å². The zero-order chi connectivity index (χ0) is 25.8. The van der Waals surface area contributed by atoms with Gasteiger partial charge in [0, 0.05) is 6.04 Å². The fourth-order valence-corrected chi connectivity index (χ4v) is 13.9. The molecule has 0 spiro atoms. The lowest BCUT2D eigenvalue weighted by Gasteiger charge is -2.37. The SMILES string of the molecule is CC[Si](CC)(CC)CCC[Si](Cc1ccccc1)(Oc1ccc2c(c1)-c1ccccc1C2F)C(C)C. The van der Waals surface area contributed by atoms with Crippen molar-refractivity contribution in [2.75, 3.05) is 0 Å². The molecule has 3 aromatic carbocycles. The smallest absolute Gasteiger partial charge is 0.258 e. The topological polar surface area (TPSA) is 9.23 Å². The molecule has 0 aliphatic heterocycles. The maximum absolute atomic E-state index is 15.1. The Kier molecular flexibility index (Phi) is 8.57. The van der Waals surface area contributed by atoms with Crippen LogP contribution in [0.25, 0.3) is 11.1 Å². The second kappa shape index (κ2) is 11.5. The van der Waals surface area contributed by atoms with Crippen molar-refractivity contribution in [3.8, 4) is 16.9 Å². The maximum Gasteiger partial charge on any atom is 0.258 e. The second-order valence-electron chi connectivity index (χ2n) is 11.1. The molecule has 1 aliphatic rings. The van der Waals surface area contributed by atoms with Gasteiger partial charge in [0.05, 0.1) is 8.07 Å². The van der Waals surface area contributed by atoms with Gasteiger partial charge in [-0.3, -0.25) is 0 Å². The van der Waals surface area contributed by atoms with Gasteiger partial charge in [0.2, 0.25) is 0 Å². The molecule has 0 saturated heterocycles. The summed E-state index contributed by atoms with van der Waals surface area (Å²) in [6, 6.07) is 32.6. The Morgan fingerprint density at radius 2 is 1.42 bits per heavy atom. The fraction of sp³-hybridized carbons (Fsp3) is 0.438. The summed E-state index contributed by atoms with van der Waals surface area (Å²) in [6.45, 7) is 12.0. The van der Waals surface area contributed by atoms with Gasteiger partial charge in [0.15, 0.2) is 6.17 Å². The number of benzene rings is 3. The first-order valence-corrected chi connectivity index (χ1v) is 19.2. The molecule has 2 unspecified atom stereocenters. The van der Waals surface area contributed by atoms with E-state index < -0.39 is 22.6 Å². The van der Waals surface area contributed by atoms with Gasteiger partial charge in [-0.1, -0.05) is 126 Å². The van der Waals surface area contributed by atoms with Crippen LogP contribution in [0, 0.1) is 0 Å². The Morgan fingerprint density at radius 3 is 2.08 bits per heavy atom. The first kappa shape index (κ1) is 26.9. The molecule has 0 saturated carbocycles. The van der Waals surface area contributed by atoms with Crippen LogP contribution in [-0.4, -0.2) is 16.4 Å². The summed E-state index contributed by atoms with van der Waals surface area (Å²) in [5.74, 6) is 0.916. The molecule has 0 aromatic heterocycles. The monoisotopic (exact) mass is 518 g/mol. The summed E-state index contributed by atoms with van der Waals surface area (Å²) >= 11 is 0. The van der Waals surface area contributed by atoms with Crippen molar-refractivity contribution in [1.29, 1.82) is 0 Å². The maximum atomic E-state index is 15.1. The molecule has 4 heteroatoms. The van der Waals surface area contributed by atoms with Gasteiger partial charge in [-0.05, 0) is 51.5 Å². The van der Waals surface area contributed by atoms with E-state index in [1.807, 2.05) is 36.4 Å². The Labute approximate surface area is 220 Å². The van der Waals surface area contributed by atoms with Crippen molar-refractivity contribution in [1.82, 2.24) is 0 Å². The first-order chi connectivity index (χ1) is 17.4. The third kappa shape index (κ3) is 5.40. The van der Waals surface area contributed by atoms with E-state index in [1.54, 1.807) is 0 Å². The van der Waals surface area contributed by atoms with Gasteiger partial charge in [0.1, 0.15) is 5.75 Å². The molecule has 1 aliphatic carbocycles. The van der Waals surface area contributed by atoms with E-state index in [1.165, 1.54) is 42.2 Å². The Bertz CT molecular complexity index is 1130. The summed E-state index contributed by atoms with van der Waals surface area (Å²) in [6.07, 6.45) is 0.219. The van der Waals surface area contributed by atoms with E-state index in [0.29, 0.717) is 5.54 Å². The van der Waals surface area contributed by atoms with Crippen molar-refractivity contribution in [3.63, 3.8) is 0 Å². The predicted molar refractivity (Wildman–Crippen MR) is 158 cm³/mol. The minimum atomic E-state index is -2.21. The summed E-state index contributed by atoms with van der Waals surface area (Å²) < 4.78 is 22.3. The summed E-state index contributed by atoms with van der Waals surface area (Å²) in [5.41, 5.74) is 5.41. The highest BCUT2D eigenvalue weighted by atomic mass is 28.4. The van der Waals surface area contributed by atoms with Crippen molar-refractivity contribution in [2.45, 2.75) is 89.0 Å². The second-order valence-corrected chi connectivity index (χ2v) is 21.1. The van der Waals surface area contributed by atoms with Gasteiger partial charge < -0.3 is 4.43 Å². The molecule has 36 heavy (non-hydrogen) atoms. The van der Waals surface area contributed by atoms with Crippen LogP contribution in [0.1, 0.15) is 63.9 Å². The van der Waals surface area contributed by atoms with Crippen molar-refractivity contribution >= 4 is 16.4 Å². The largest absolute Gasteiger partial charge is 0.543 e. The van der Waals surface area contributed by atoms with Crippen LogP contribution in [0.3, 0.4) is 0 Å². The molecule has 1 nitrogen and oxygen atoms in total. The Morgan fingerprint density at radius 1 is 0.778 bits per heavy atom. The molecule has 0 bridgehead atoms. The lowest BCUT2D eigenvalue weighted by molar-refractivity contribution is 0.409. The predicted octanol–water partition coefficient (Wildman–Crippen LogP) is 10.1. The normalized spacial score (nSPS) is 16.5. The zero-order valence-electron chi connectivity index (χ0n) is 22.8. The molecule has 192 valence electrons. The van der Waals surface area contributed by atoms with Crippen LogP contribution >= 0.6 is 0 Å². The molecule has 4 rings (SSSR count). The van der Waals surface area contributed by atoms with Gasteiger partial charge in [-0.25, -0.2) is 4.39 Å². The highest BCUT2D eigenvalue weighted by molar-refractivity contribution is 6.80. The molecular formula is C32H43FOSi2. The highest BCUT2D eigenvalue weighted by Crippen LogP contribution is 2.47. The first-order valence-electron chi connectivity index (χ1n) is 14.0. The highest BCUT2D eigenvalue weighted by Gasteiger charge is 2.42. The average molecular weight is 519 g/mol.